The zero-order chi connectivity index (χ0) is 19.0. The quantitative estimate of drug-likeness (QED) is 0.504. The Labute approximate surface area is 158 Å². The molecule has 2 bridgehead atoms. The van der Waals surface area contributed by atoms with Gasteiger partial charge in [0.05, 0.1) is 0 Å². The van der Waals surface area contributed by atoms with Crippen molar-refractivity contribution in [3.63, 3.8) is 0 Å². The summed E-state index contributed by atoms with van der Waals surface area (Å²) in [6.45, 7) is 10.8. The molecule has 1 unspecified atom stereocenters. The molecule has 4 aliphatic carbocycles. The SMILES string of the molecule is CC(=O)OC1(C=O)CC[C@@]2(C)[C@@H](CC[C@]34C[C@@H](CC[C@@H]32)[C@H](C)C4)C1(C)C. The fourth-order valence-electron chi connectivity index (χ4n) is 8.66. The van der Waals surface area contributed by atoms with E-state index in [0.29, 0.717) is 17.8 Å². The molecular formula is C23H36O3. The van der Waals surface area contributed by atoms with Crippen molar-refractivity contribution in [1.82, 2.24) is 0 Å². The van der Waals surface area contributed by atoms with E-state index in [2.05, 4.69) is 27.7 Å². The highest BCUT2D eigenvalue weighted by Crippen LogP contribution is 2.73. The molecule has 4 fully saturated rings. The van der Waals surface area contributed by atoms with E-state index in [-0.39, 0.29) is 16.8 Å². The number of hydrogen-bond acceptors (Lipinski definition) is 3. The van der Waals surface area contributed by atoms with Gasteiger partial charge in [-0.2, -0.15) is 0 Å². The van der Waals surface area contributed by atoms with Gasteiger partial charge in [0.15, 0.2) is 11.9 Å². The van der Waals surface area contributed by atoms with Gasteiger partial charge in [-0.25, -0.2) is 0 Å². The maximum atomic E-state index is 12.2. The molecule has 0 aromatic carbocycles. The van der Waals surface area contributed by atoms with E-state index in [0.717, 1.165) is 30.5 Å². The third kappa shape index (κ3) is 2.18. The van der Waals surface area contributed by atoms with Crippen LogP contribution in [0.1, 0.15) is 86.0 Å². The average molecular weight is 361 g/mol. The standard InChI is InChI=1S/C23H36O3/c1-15-12-22-9-8-18-20(3,4)23(14-24,26-16(2)25)11-10-21(18,5)19(22)7-6-17(15)13-22/h14-15,17-19H,6-13H2,1-5H3/t15-,17-,18+,19-,21+,22+,23?/m1/s1. The summed E-state index contributed by atoms with van der Waals surface area (Å²) in [6, 6.07) is 0. The minimum absolute atomic E-state index is 0.267. The van der Waals surface area contributed by atoms with Gasteiger partial charge in [0.25, 0.3) is 0 Å². The van der Waals surface area contributed by atoms with Gasteiger partial charge in [0, 0.05) is 12.3 Å². The van der Waals surface area contributed by atoms with Crippen LogP contribution in [0.3, 0.4) is 0 Å². The second kappa shape index (κ2) is 5.58. The van der Waals surface area contributed by atoms with Gasteiger partial charge in [0.2, 0.25) is 0 Å². The maximum absolute atomic E-state index is 12.2. The summed E-state index contributed by atoms with van der Waals surface area (Å²) in [5.74, 6) is 2.71. The number of carbonyl (C=O) groups excluding carboxylic acids is 2. The van der Waals surface area contributed by atoms with Gasteiger partial charge in [-0.1, -0.05) is 27.7 Å². The Balaban J connectivity index is 1.72. The molecule has 0 aromatic heterocycles. The molecule has 26 heavy (non-hydrogen) atoms. The van der Waals surface area contributed by atoms with Gasteiger partial charge in [-0.15, -0.1) is 0 Å². The molecule has 0 aromatic rings. The average Bonchev–Trinajstić information content (AvgIpc) is 2.79. The van der Waals surface area contributed by atoms with Crippen LogP contribution in [0.25, 0.3) is 0 Å². The number of rotatable bonds is 2. The molecule has 3 nitrogen and oxygen atoms in total. The van der Waals surface area contributed by atoms with Crippen molar-refractivity contribution >= 4 is 12.3 Å². The second-order valence-electron chi connectivity index (χ2n) is 11.1. The molecule has 7 atom stereocenters. The van der Waals surface area contributed by atoms with Crippen LogP contribution in [-0.4, -0.2) is 17.9 Å². The Hall–Kier alpha value is -0.860. The minimum atomic E-state index is -0.951. The number of carbonyl (C=O) groups is 2. The van der Waals surface area contributed by atoms with Crippen molar-refractivity contribution in [2.45, 2.75) is 91.6 Å². The van der Waals surface area contributed by atoms with Gasteiger partial charge in [0.1, 0.15) is 0 Å². The lowest BCUT2D eigenvalue weighted by molar-refractivity contribution is -0.226. The highest BCUT2D eigenvalue weighted by atomic mass is 16.6. The molecule has 146 valence electrons. The van der Waals surface area contributed by atoms with Crippen molar-refractivity contribution in [3.05, 3.63) is 0 Å². The molecule has 0 radical (unpaired) electrons. The first kappa shape index (κ1) is 18.5. The Kier molecular flexibility index (Phi) is 3.97. The van der Waals surface area contributed by atoms with E-state index in [1.807, 2.05) is 0 Å². The molecule has 0 aliphatic heterocycles. The summed E-state index contributed by atoms with van der Waals surface area (Å²) in [6.07, 6.45) is 10.7. The first-order chi connectivity index (χ1) is 12.1. The number of hydrogen-bond donors (Lipinski definition) is 0. The van der Waals surface area contributed by atoms with Gasteiger partial charge in [-0.05, 0) is 85.9 Å². The molecular weight excluding hydrogens is 324 g/mol. The third-order valence-corrected chi connectivity index (χ3v) is 9.80. The molecule has 0 saturated heterocycles. The molecule has 1 spiro atoms. The van der Waals surface area contributed by atoms with E-state index >= 15 is 0 Å². The van der Waals surface area contributed by atoms with Crippen LogP contribution in [0, 0.1) is 39.9 Å². The van der Waals surface area contributed by atoms with E-state index in [1.165, 1.54) is 45.4 Å². The highest BCUT2D eigenvalue weighted by Gasteiger charge is 2.68. The van der Waals surface area contributed by atoms with Crippen molar-refractivity contribution in [3.8, 4) is 0 Å². The van der Waals surface area contributed by atoms with Crippen molar-refractivity contribution in [2.75, 3.05) is 0 Å². The van der Waals surface area contributed by atoms with Crippen LogP contribution in [-0.2, 0) is 14.3 Å². The van der Waals surface area contributed by atoms with Gasteiger partial charge < -0.3 is 4.74 Å². The van der Waals surface area contributed by atoms with E-state index in [1.54, 1.807) is 0 Å². The monoisotopic (exact) mass is 360 g/mol. The lowest BCUT2D eigenvalue weighted by Crippen LogP contribution is -2.65. The fourth-order valence-corrected chi connectivity index (χ4v) is 8.66. The van der Waals surface area contributed by atoms with E-state index in [4.69, 9.17) is 4.74 Å². The highest BCUT2D eigenvalue weighted by molar-refractivity contribution is 5.74. The molecule has 0 heterocycles. The molecule has 4 aliphatic rings. The fraction of sp³-hybridized carbons (Fsp3) is 0.913. The molecule has 4 saturated carbocycles. The summed E-state index contributed by atoms with van der Waals surface area (Å²) in [7, 11) is 0. The third-order valence-electron chi connectivity index (χ3n) is 9.80. The van der Waals surface area contributed by atoms with Crippen LogP contribution in [0.5, 0.6) is 0 Å². The summed E-state index contributed by atoms with van der Waals surface area (Å²) < 4.78 is 5.74. The minimum Gasteiger partial charge on any atom is -0.451 e. The Morgan fingerprint density at radius 3 is 2.38 bits per heavy atom. The normalized spacial score (nSPS) is 51.9. The summed E-state index contributed by atoms with van der Waals surface area (Å²) in [5, 5.41) is 0. The summed E-state index contributed by atoms with van der Waals surface area (Å²) >= 11 is 0. The molecule has 4 rings (SSSR count). The maximum Gasteiger partial charge on any atom is 0.303 e. The number of aldehydes is 1. The predicted octanol–water partition coefficient (Wildman–Crippen LogP) is 5.17. The predicted molar refractivity (Wildman–Crippen MR) is 101 cm³/mol. The van der Waals surface area contributed by atoms with E-state index < -0.39 is 5.60 Å². The van der Waals surface area contributed by atoms with Crippen LogP contribution < -0.4 is 0 Å². The summed E-state index contributed by atoms with van der Waals surface area (Å²) in [4.78, 5) is 24.0. The number of esters is 1. The van der Waals surface area contributed by atoms with Crippen LogP contribution >= 0.6 is 0 Å². The van der Waals surface area contributed by atoms with E-state index in [9.17, 15) is 9.59 Å². The number of ether oxygens (including phenoxy) is 1. The van der Waals surface area contributed by atoms with Crippen molar-refractivity contribution < 1.29 is 14.3 Å². The van der Waals surface area contributed by atoms with Crippen LogP contribution in [0.2, 0.25) is 0 Å². The van der Waals surface area contributed by atoms with Crippen LogP contribution in [0.15, 0.2) is 0 Å². The topological polar surface area (TPSA) is 43.4 Å². The Morgan fingerprint density at radius 2 is 1.73 bits per heavy atom. The lowest BCUT2D eigenvalue weighted by Gasteiger charge is -2.66. The van der Waals surface area contributed by atoms with Crippen LogP contribution in [0.4, 0.5) is 0 Å². The van der Waals surface area contributed by atoms with Crippen molar-refractivity contribution in [1.29, 1.82) is 0 Å². The molecule has 0 amide bonds. The molecule has 0 N–H and O–H groups in total. The van der Waals surface area contributed by atoms with Gasteiger partial charge in [-0.3, -0.25) is 9.59 Å². The zero-order valence-electron chi connectivity index (χ0n) is 17.3. The lowest BCUT2D eigenvalue weighted by atomic mass is 9.39. The Morgan fingerprint density at radius 1 is 1.00 bits per heavy atom. The first-order valence-corrected chi connectivity index (χ1v) is 10.8. The largest absolute Gasteiger partial charge is 0.451 e. The molecule has 3 heteroatoms. The Bertz CT molecular complexity index is 621. The second-order valence-corrected chi connectivity index (χ2v) is 11.1. The van der Waals surface area contributed by atoms with Gasteiger partial charge >= 0.3 is 5.97 Å². The smallest absolute Gasteiger partial charge is 0.303 e. The van der Waals surface area contributed by atoms with Crippen molar-refractivity contribution in [2.24, 2.45) is 39.9 Å². The zero-order valence-corrected chi connectivity index (χ0v) is 17.3. The first-order valence-electron chi connectivity index (χ1n) is 10.8. The number of fused-ring (bicyclic) bond motifs is 3. The summed E-state index contributed by atoms with van der Waals surface area (Å²) in [5.41, 5.74) is -0.445.